The van der Waals surface area contributed by atoms with Gasteiger partial charge in [0.1, 0.15) is 11.4 Å². The zero-order valence-corrected chi connectivity index (χ0v) is 18.0. The van der Waals surface area contributed by atoms with Crippen molar-refractivity contribution in [3.05, 3.63) is 65.4 Å². The summed E-state index contributed by atoms with van der Waals surface area (Å²) in [4.78, 5) is 12.9. The summed E-state index contributed by atoms with van der Waals surface area (Å²) in [6.07, 6.45) is -3.26. The number of aromatic nitrogens is 5. The van der Waals surface area contributed by atoms with Crippen molar-refractivity contribution in [2.24, 2.45) is 5.10 Å². The highest BCUT2D eigenvalue weighted by molar-refractivity contribution is 5.99. The Hall–Kier alpha value is -4.75. The largest absolute Gasteiger partial charge is 0.494 e. The van der Waals surface area contributed by atoms with Gasteiger partial charge in [-0.15, -0.1) is 5.10 Å². The molecule has 180 valence electrons. The summed E-state index contributed by atoms with van der Waals surface area (Å²) in [6.45, 7) is 2.25. The van der Waals surface area contributed by atoms with Gasteiger partial charge in [0.2, 0.25) is 11.6 Å². The molecule has 11 nitrogen and oxygen atoms in total. The Morgan fingerprint density at radius 2 is 2.00 bits per heavy atom. The van der Waals surface area contributed by atoms with Gasteiger partial charge < -0.3 is 10.5 Å². The van der Waals surface area contributed by atoms with Gasteiger partial charge in [-0.3, -0.25) is 4.79 Å². The first-order chi connectivity index (χ1) is 16.8. The number of nitrogen functional groups attached to an aromatic ring is 1. The van der Waals surface area contributed by atoms with Gasteiger partial charge in [0, 0.05) is 5.56 Å². The molecule has 4 aromatic rings. The zero-order chi connectivity index (χ0) is 25.0. The number of benzene rings is 2. The standard InChI is InChI=1S/C21H17F3N8O3/c1-2-34-15-5-3-4-13(10-15)17-16(27-31-32(17)19-18(25)29-35-30-19)20(33)28-26-11-12-6-8-14(9-7-12)21(22,23)24/h3-11H,2H2,1H3,(H2,25,29)(H,28,33)/b26-11+. The molecule has 0 unspecified atom stereocenters. The number of hydrazone groups is 1. The van der Waals surface area contributed by atoms with E-state index in [1.165, 1.54) is 23.0 Å². The van der Waals surface area contributed by atoms with E-state index in [1.807, 2.05) is 6.92 Å². The van der Waals surface area contributed by atoms with Crippen LogP contribution in [0.3, 0.4) is 0 Å². The minimum Gasteiger partial charge on any atom is -0.494 e. The maximum absolute atomic E-state index is 12.9. The number of nitrogens with one attached hydrogen (secondary N) is 1. The highest BCUT2D eigenvalue weighted by atomic mass is 19.4. The first-order valence-corrected chi connectivity index (χ1v) is 10.1. The average molecular weight is 486 g/mol. The molecular formula is C21H17F3N8O3. The second-order valence-electron chi connectivity index (χ2n) is 6.95. The summed E-state index contributed by atoms with van der Waals surface area (Å²) in [5.41, 5.74) is 8.19. The van der Waals surface area contributed by atoms with Crippen LogP contribution in [-0.2, 0) is 6.18 Å². The molecule has 0 radical (unpaired) electrons. The molecule has 0 aliphatic heterocycles. The molecule has 0 fully saturated rings. The molecule has 35 heavy (non-hydrogen) atoms. The minimum absolute atomic E-state index is 0.0154. The van der Waals surface area contributed by atoms with E-state index in [0.29, 0.717) is 23.5 Å². The van der Waals surface area contributed by atoms with Gasteiger partial charge in [-0.2, -0.15) is 23.0 Å². The zero-order valence-electron chi connectivity index (χ0n) is 18.0. The third-order valence-electron chi connectivity index (χ3n) is 4.62. The van der Waals surface area contributed by atoms with E-state index in [9.17, 15) is 18.0 Å². The number of halogens is 3. The van der Waals surface area contributed by atoms with Gasteiger partial charge in [-0.05, 0) is 47.1 Å². The maximum atomic E-state index is 12.9. The van der Waals surface area contributed by atoms with E-state index in [4.69, 9.17) is 10.5 Å². The van der Waals surface area contributed by atoms with Gasteiger partial charge in [0.25, 0.3) is 5.91 Å². The molecule has 0 bridgehead atoms. The number of nitrogens with zero attached hydrogens (tertiary/aromatic N) is 6. The Morgan fingerprint density at radius 3 is 2.66 bits per heavy atom. The number of hydrogen-bond donors (Lipinski definition) is 2. The van der Waals surface area contributed by atoms with Crippen LogP contribution in [0.25, 0.3) is 17.1 Å². The van der Waals surface area contributed by atoms with Crippen molar-refractivity contribution in [3.63, 3.8) is 0 Å². The smallest absolute Gasteiger partial charge is 0.416 e. The number of hydrogen-bond acceptors (Lipinski definition) is 9. The lowest BCUT2D eigenvalue weighted by molar-refractivity contribution is -0.137. The van der Waals surface area contributed by atoms with E-state index >= 15 is 0 Å². The van der Waals surface area contributed by atoms with Crippen LogP contribution in [0, 0.1) is 0 Å². The van der Waals surface area contributed by atoms with E-state index in [2.05, 4.69) is 35.8 Å². The van der Waals surface area contributed by atoms with Crippen molar-refractivity contribution in [2.45, 2.75) is 13.1 Å². The normalized spacial score (nSPS) is 11.7. The SMILES string of the molecule is CCOc1cccc(-c2c(C(=O)N/N=C/c3ccc(C(F)(F)F)cc3)nnn2-c2nonc2N)c1. The quantitative estimate of drug-likeness (QED) is 0.299. The Kier molecular flexibility index (Phi) is 6.44. The molecule has 0 saturated carbocycles. The number of nitrogens with two attached hydrogens (primary N) is 1. The molecule has 4 rings (SSSR count). The molecule has 0 aliphatic rings. The fourth-order valence-corrected chi connectivity index (χ4v) is 3.06. The molecule has 0 saturated heterocycles. The molecular weight excluding hydrogens is 469 g/mol. The molecule has 0 spiro atoms. The fourth-order valence-electron chi connectivity index (χ4n) is 3.06. The molecule has 1 amide bonds. The highest BCUT2D eigenvalue weighted by Gasteiger charge is 2.30. The fraction of sp³-hybridized carbons (Fsp3) is 0.143. The van der Waals surface area contributed by atoms with Crippen LogP contribution in [0.2, 0.25) is 0 Å². The van der Waals surface area contributed by atoms with Crippen molar-refractivity contribution in [1.29, 1.82) is 0 Å². The van der Waals surface area contributed by atoms with Crippen molar-refractivity contribution < 1.29 is 27.3 Å². The van der Waals surface area contributed by atoms with Crippen LogP contribution in [-0.4, -0.2) is 44.0 Å². The number of ether oxygens (including phenoxy) is 1. The number of carbonyl (C=O) groups is 1. The van der Waals surface area contributed by atoms with E-state index < -0.39 is 17.6 Å². The summed E-state index contributed by atoms with van der Waals surface area (Å²) in [5.74, 6) is -0.270. The van der Waals surface area contributed by atoms with Gasteiger partial charge in [-0.25, -0.2) is 10.1 Å². The van der Waals surface area contributed by atoms with Crippen LogP contribution in [0.5, 0.6) is 5.75 Å². The van der Waals surface area contributed by atoms with Gasteiger partial charge in [-0.1, -0.05) is 29.5 Å². The number of anilines is 1. The number of rotatable bonds is 7. The first kappa shape index (κ1) is 23.4. The maximum Gasteiger partial charge on any atom is 0.416 e. The van der Waals surface area contributed by atoms with E-state index in [1.54, 1.807) is 24.3 Å². The van der Waals surface area contributed by atoms with E-state index in [0.717, 1.165) is 12.1 Å². The summed E-state index contributed by atoms with van der Waals surface area (Å²) >= 11 is 0. The van der Waals surface area contributed by atoms with Crippen LogP contribution >= 0.6 is 0 Å². The average Bonchev–Trinajstić information content (AvgIpc) is 3.45. The molecule has 14 heteroatoms. The summed E-state index contributed by atoms with van der Waals surface area (Å²) < 4.78 is 49.5. The van der Waals surface area contributed by atoms with Crippen molar-refractivity contribution in [3.8, 4) is 22.8 Å². The minimum atomic E-state index is -4.45. The lowest BCUT2D eigenvalue weighted by Gasteiger charge is -2.08. The van der Waals surface area contributed by atoms with Crippen molar-refractivity contribution in [2.75, 3.05) is 12.3 Å². The summed E-state index contributed by atoms with van der Waals surface area (Å²) in [7, 11) is 0. The predicted octanol–water partition coefficient (Wildman–Crippen LogP) is 3.08. The number of alkyl halides is 3. The second-order valence-corrected chi connectivity index (χ2v) is 6.95. The second kappa shape index (κ2) is 9.62. The molecule has 2 heterocycles. The molecule has 0 aliphatic carbocycles. The summed E-state index contributed by atoms with van der Waals surface area (Å²) in [6, 6.07) is 11.1. The van der Waals surface area contributed by atoms with E-state index in [-0.39, 0.29) is 23.0 Å². The topological polar surface area (TPSA) is 146 Å². The van der Waals surface area contributed by atoms with Crippen LogP contribution < -0.4 is 15.9 Å². The number of amides is 1. The lowest BCUT2D eigenvalue weighted by atomic mass is 10.1. The molecule has 2 aromatic carbocycles. The molecule has 0 atom stereocenters. The van der Waals surface area contributed by atoms with Gasteiger partial charge in [0.15, 0.2) is 5.69 Å². The molecule has 3 N–H and O–H groups in total. The van der Waals surface area contributed by atoms with Crippen LogP contribution in [0.15, 0.2) is 58.3 Å². The third kappa shape index (κ3) is 5.10. The predicted molar refractivity (Wildman–Crippen MR) is 117 cm³/mol. The van der Waals surface area contributed by atoms with Crippen molar-refractivity contribution in [1.82, 2.24) is 30.7 Å². The van der Waals surface area contributed by atoms with Gasteiger partial charge in [0.05, 0.1) is 18.4 Å². The first-order valence-electron chi connectivity index (χ1n) is 10.1. The van der Waals surface area contributed by atoms with Gasteiger partial charge >= 0.3 is 6.18 Å². The van der Waals surface area contributed by atoms with Crippen molar-refractivity contribution >= 4 is 17.9 Å². The summed E-state index contributed by atoms with van der Waals surface area (Å²) in [5, 5.41) is 18.9. The Balaban J connectivity index is 1.63. The Bertz CT molecular complexity index is 1360. The van der Waals surface area contributed by atoms with Crippen LogP contribution in [0.1, 0.15) is 28.5 Å². The third-order valence-corrected chi connectivity index (χ3v) is 4.62. The monoisotopic (exact) mass is 486 g/mol. The Labute approximate surface area is 195 Å². The number of carbonyl (C=O) groups excluding carboxylic acids is 1. The Morgan fingerprint density at radius 1 is 1.23 bits per heavy atom. The highest BCUT2D eigenvalue weighted by Crippen LogP contribution is 2.30. The lowest BCUT2D eigenvalue weighted by Crippen LogP contribution is -2.19. The molecule has 2 aromatic heterocycles. The van der Waals surface area contributed by atoms with Crippen LogP contribution in [0.4, 0.5) is 19.0 Å².